The van der Waals surface area contributed by atoms with Gasteiger partial charge in [0.1, 0.15) is 0 Å². The van der Waals surface area contributed by atoms with Gasteiger partial charge in [0.15, 0.2) is 17.5 Å². The Morgan fingerprint density at radius 3 is 1.51 bits per heavy atom. The van der Waals surface area contributed by atoms with Crippen molar-refractivity contribution in [2.75, 3.05) is 0 Å². The van der Waals surface area contributed by atoms with E-state index < -0.39 is 0 Å². The average Bonchev–Trinajstić information content (AvgIpc) is 3.66. The molecule has 2 aromatic heterocycles. The van der Waals surface area contributed by atoms with Crippen LogP contribution in [0.5, 0.6) is 0 Å². The van der Waals surface area contributed by atoms with Gasteiger partial charge in [0, 0.05) is 33.2 Å². The molecule has 9 aromatic carbocycles. The van der Waals surface area contributed by atoms with Crippen molar-refractivity contribution in [2.24, 2.45) is 0 Å². The van der Waals surface area contributed by atoms with E-state index in [0.29, 0.717) is 23.0 Å². The van der Waals surface area contributed by atoms with E-state index in [1.807, 2.05) is 72.8 Å². The predicted molar refractivity (Wildman–Crippen MR) is 241 cm³/mol. The van der Waals surface area contributed by atoms with Crippen molar-refractivity contribution >= 4 is 43.4 Å². The zero-order chi connectivity index (χ0) is 39.3. The van der Waals surface area contributed by atoms with Crippen LogP contribution in [0, 0.1) is 11.3 Å². The topological polar surface area (TPSA) is 67.4 Å². The molecule has 11 rings (SSSR count). The number of aromatic nitrogens is 4. The van der Waals surface area contributed by atoms with E-state index >= 15 is 0 Å². The van der Waals surface area contributed by atoms with Crippen LogP contribution in [0.15, 0.2) is 200 Å². The van der Waals surface area contributed by atoms with Gasteiger partial charge in [-0.05, 0) is 74.1 Å². The second-order valence-electron chi connectivity index (χ2n) is 14.7. The summed E-state index contributed by atoms with van der Waals surface area (Å²) < 4.78 is 2.30. The van der Waals surface area contributed by atoms with Gasteiger partial charge >= 0.3 is 0 Å². The largest absolute Gasteiger partial charge is 0.309 e. The van der Waals surface area contributed by atoms with Crippen molar-refractivity contribution in [3.8, 4) is 68.2 Å². The Labute approximate surface area is 340 Å². The van der Waals surface area contributed by atoms with Gasteiger partial charge in [-0.15, -0.1) is 0 Å². The minimum Gasteiger partial charge on any atom is -0.309 e. The molecule has 0 aliphatic carbocycles. The maximum Gasteiger partial charge on any atom is 0.164 e. The molecule has 0 spiro atoms. The van der Waals surface area contributed by atoms with E-state index in [1.54, 1.807) is 0 Å². The van der Waals surface area contributed by atoms with Crippen molar-refractivity contribution < 1.29 is 0 Å². The Bertz CT molecular complexity index is 3380. The van der Waals surface area contributed by atoms with Crippen molar-refractivity contribution in [3.05, 3.63) is 206 Å². The lowest BCUT2D eigenvalue weighted by atomic mass is 9.91. The maximum absolute atomic E-state index is 10.4. The van der Waals surface area contributed by atoms with Crippen LogP contribution in [0.25, 0.3) is 105 Å². The SMILES string of the molecule is N#Cc1cc(-c2ccc(-c3ccc(-c4nc(-c5ccccc5)nc(-c5ccccc5)n4)cc3)c3ccccc23)cc(-n2c3ccccc3c3c4ccccc4ccc32)c1. The highest BCUT2D eigenvalue weighted by atomic mass is 15.0. The van der Waals surface area contributed by atoms with Gasteiger partial charge in [-0.3, -0.25) is 0 Å². The van der Waals surface area contributed by atoms with Crippen molar-refractivity contribution in [1.82, 2.24) is 19.5 Å². The normalized spacial score (nSPS) is 11.4. The summed E-state index contributed by atoms with van der Waals surface area (Å²) in [5, 5.41) is 17.4. The minimum absolute atomic E-state index is 0.608. The van der Waals surface area contributed by atoms with Crippen LogP contribution in [-0.4, -0.2) is 19.5 Å². The highest BCUT2D eigenvalue weighted by Crippen LogP contribution is 2.40. The monoisotopic (exact) mass is 751 g/mol. The van der Waals surface area contributed by atoms with Crippen LogP contribution in [0.4, 0.5) is 0 Å². The third-order valence-electron chi connectivity index (χ3n) is 11.3. The second kappa shape index (κ2) is 14.1. The molecular weight excluding hydrogens is 719 g/mol. The Morgan fingerprint density at radius 1 is 0.373 bits per heavy atom. The fraction of sp³-hybridized carbons (Fsp3) is 0. The highest BCUT2D eigenvalue weighted by molar-refractivity contribution is 6.21. The molecule has 0 bridgehead atoms. The molecule has 0 atom stereocenters. The lowest BCUT2D eigenvalue weighted by Gasteiger charge is -2.15. The Hall–Kier alpha value is -8.20. The van der Waals surface area contributed by atoms with Gasteiger partial charge in [-0.2, -0.15) is 5.26 Å². The molecule has 0 saturated carbocycles. The number of benzene rings is 9. The zero-order valence-corrected chi connectivity index (χ0v) is 31.8. The molecule has 11 aromatic rings. The summed E-state index contributed by atoms with van der Waals surface area (Å²) in [6.07, 6.45) is 0. The van der Waals surface area contributed by atoms with Gasteiger partial charge in [-0.1, -0.05) is 170 Å². The van der Waals surface area contributed by atoms with Gasteiger partial charge in [-0.25, -0.2) is 15.0 Å². The molecule has 0 amide bonds. The van der Waals surface area contributed by atoms with Gasteiger partial charge in [0.05, 0.1) is 22.7 Å². The molecule has 5 nitrogen and oxygen atoms in total. The Kier molecular flexibility index (Phi) is 8.13. The lowest BCUT2D eigenvalue weighted by Crippen LogP contribution is -2.00. The summed E-state index contributed by atoms with van der Waals surface area (Å²) in [7, 11) is 0. The fourth-order valence-electron chi connectivity index (χ4n) is 8.52. The van der Waals surface area contributed by atoms with Crippen molar-refractivity contribution in [3.63, 3.8) is 0 Å². The molecule has 0 unspecified atom stereocenters. The molecule has 0 aliphatic heterocycles. The third kappa shape index (κ3) is 5.91. The smallest absolute Gasteiger partial charge is 0.164 e. The van der Waals surface area contributed by atoms with Crippen LogP contribution in [0.2, 0.25) is 0 Å². The summed E-state index contributed by atoms with van der Waals surface area (Å²) in [4.78, 5) is 14.7. The summed E-state index contributed by atoms with van der Waals surface area (Å²) >= 11 is 0. The minimum atomic E-state index is 0.608. The lowest BCUT2D eigenvalue weighted by molar-refractivity contribution is 1.07. The van der Waals surface area contributed by atoms with Crippen LogP contribution >= 0.6 is 0 Å². The summed E-state index contributed by atoms with van der Waals surface area (Å²) in [5.74, 6) is 1.89. The summed E-state index contributed by atoms with van der Waals surface area (Å²) in [6.45, 7) is 0. The summed E-state index contributed by atoms with van der Waals surface area (Å²) in [6, 6.07) is 71.6. The first-order valence-corrected chi connectivity index (χ1v) is 19.7. The Morgan fingerprint density at radius 2 is 0.881 bits per heavy atom. The van der Waals surface area contributed by atoms with Crippen molar-refractivity contribution in [1.29, 1.82) is 5.26 Å². The predicted octanol–water partition coefficient (Wildman–Crippen LogP) is 13.5. The quantitative estimate of drug-likeness (QED) is 0.170. The molecule has 59 heavy (non-hydrogen) atoms. The number of para-hydroxylation sites is 1. The van der Waals surface area contributed by atoms with Gasteiger partial charge in [0.2, 0.25) is 0 Å². The first kappa shape index (κ1) is 34.1. The molecule has 0 fully saturated rings. The molecule has 2 heterocycles. The van der Waals surface area contributed by atoms with Gasteiger partial charge < -0.3 is 4.57 Å². The van der Waals surface area contributed by atoms with Crippen LogP contribution in [0.3, 0.4) is 0 Å². The first-order valence-electron chi connectivity index (χ1n) is 19.7. The van der Waals surface area contributed by atoms with E-state index in [0.717, 1.165) is 66.4 Å². The number of hydrogen-bond donors (Lipinski definition) is 0. The maximum atomic E-state index is 10.4. The third-order valence-corrected chi connectivity index (χ3v) is 11.3. The Balaban J connectivity index is 1.01. The molecule has 5 heteroatoms. The molecule has 0 radical (unpaired) electrons. The van der Waals surface area contributed by atoms with E-state index in [2.05, 4.69) is 138 Å². The van der Waals surface area contributed by atoms with Crippen LogP contribution < -0.4 is 0 Å². The standard InChI is InChI=1S/C54H33N5/c55-34-35-31-41(33-42(32-35)59-49-22-12-11-21-48(49)51-45-18-8-7-13-36(45)27-30-50(51)59)44-29-28-43(46-19-9-10-20-47(44)46)37-23-25-40(26-24-37)54-57-52(38-14-3-1-4-15-38)56-53(58-54)39-16-5-2-6-17-39/h1-33H. The molecule has 274 valence electrons. The second-order valence-corrected chi connectivity index (χ2v) is 14.7. The van der Waals surface area contributed by atoms with Crippen molar-refractivity contribution in [2.45, 2.75) is 0 Å². The average molecular weight is 752 g/mol. The highest BCUT2D eigenvalue weighted by Gasteiger charge is 2.18. The number of rotatable bonds is 6. The van der Waals surface area contributed by atoms with E-state index in [9.17, 15) is 5.26 Å². The zero-order valence-electron chi connectivity index (χ0n) is 31.8. The van der Waals surface area contributed by atoms with E-state index in [-0.39, 0.29) is 0 Å². The number of nitrogens with zero attached hydrogens (tertiary/aromatic N) is 5. The first-order chi connectivity index (χ1) is 29.2. The van der Waals surface area contributed by atoms with E-state index in [4.69, 9.17) is 15.0 Å². The molecule has 0 aliphatic rings. The molecular formula is C54H33N5. The van der Waals surface area contributed by atoms with Gasteiger partial charge in [0.25, 0.3) is 0 Å². The van der Waals surface area contributed by atoms with Crippen LogP contribution in [-0.2, 0) is 0 Å². The number of hydrogen-bond acceptors (Lipinski definition) is 4. The number of fused-ring (bicyclic) bond motifs is 6. The molecule has 0 N–H and O–H groups in total. The van der Waals surface area contributed by atoms with E-state index in [1.165, 1.54) is 21.5 Å². The number of nitriles is 1. The summed E-state index contributed by atoms with van der Waals surface area (Å²) in [5.41, 5.74) is 10.8. The van der Waals surface area contributed by atoms with Crippen LogP contribution in [0.1, 0.15) is 5.56 Å². The molecule has 0 saturated heterocycles. The fourth-order valence-corrected chi connectivity index (χ4v) is 8.52.